The van der Waals surface area contributed by atoms with Gasteiger partial charge in [0.25, 0.3) is 0 Å². The molecule has 1 amide bonds. The van der Waals surface area contributed by atoms with Gasteiger partial charge in [-0.05, 0) is 25.0 Å². The molecule has 0 spiro atoms. The topological polar surface area (TPSA) is 75.6 Å². The van der Waals surface area contributed by atoms with Crippen LogP contribution in [0.5, 0.6) is 5.75 Å². The van der Waals surface area contributed by atoms with Crippen LogP contribution in [0.1, 0.15) is 26.2 Å². The smallest absolute Gasteiger partial charge is 0.306 e. The van der Waals surface area contributed by atoms with Gasteiger partial charge in [-0.2, -0.15) is 0 Å². The SMILES string of the molecule is CC(CCCNC(=O)CCOc1ccccc1)C(=O)O. The third-order valence-electron chi connectivity index (χ3n) is 2.90. The van der Waals surface area contributed by atoms with E-state index in [-0.39, 0.29) is 11.8 Å². The summed E-state index contributed by atoms with van der Waals surface area (Å²) in [5.41, 5.74) is 0. The van der Waals surface area contributed by atoms with Crippen LogP contribution in [-0.2, 0) is 9.59 Å². The van der Waals surface area contributed by atoms with Crippen LogP contribution in [-0.4, -0.2) is 30.1 Å². The van der Waals surface area contributed by atoms with E-state index < -0.39 is 5.97 Å². The Bertz CT molecular complexity index is 419. The second kappa shape index (κ2) is 8.96. The van der Waals surface area contributed by atoms with Crippen molar-refractivity contribution < 1.29 is 19.4 Å². The molecule has 1 unspecified atom stereocenters. The Kier molecular flexibility index (Phi) is 7.17. The highest BCUT2D eigenvalue weighted by atomic mass is 16.5. The van der Waals surface area contributed by atoms with Gasteiger partial charge in [0.15, 0.2) is 0 Å². The third-order valence-corrected chi connectivity index (χ3v) is 2.90. The quantitative estimate of drug-likeness (QED) is 0.679. The van der Waals surface area contributed by atoms with Crippen LogP contribution in [0.15, 0.2) is 30.3 Å². The molecule has 1 atom stereocenters. The van der Waals surface area contributed by atoms with Gasteiger partial charge in [-0.3, -0.25) is 9.59 Å². The highest BCUT2D eigenvalue weighted by Crippen LogP contribution is 2.08. The molecule has 0 saturated carbocycles. The number of para-hydroxylation sites is 1. The van der Waals surface area contributed by atoms with Gasteiger partial charge in [0.05, 0.1) is 18.9 Å². The second-order valence-corrected chi connectivity index (χ2v) is 4.64. The second-order valence-electron chi connectivity index (χ2n) is 4.64. The van der Waals surface area contributed by atoms with Crippen LogP contribution in [0.2, 0.25) is 0 Å². The van der Waals surface area contributed by atoms with Gasteiger partial charge >= 0.3 is 5.97 Å². The largest absolute Gasteiger partial charge is 0.493 e. The number of hydrogen-bond acceptors (Lipinski definition) is 3. The van der Waals surface area contributed by atoms with Crippen molar-refractivity contribution in [3.05, 3.63) is 30.3 Å². The average molecular weight is 279 g/mol. The van der Waals surface area contributed by atoms with E-state index in [0.717, 1.165) is 5.75 Å². The number of carboxylic acid groups (broad SMARTS) is 1. The minimum atomic E-state index is -0.799. The zero-order valence-corrected chi connectivity index (χ0v) is 11.7. The lowest BCUT2D eigenvalue weighted by Gasteiger charge is -2.08. The molecule has 0 aliphatic carbocycles. The van der Waals surface area contributed by atoms with Crippen LogP contribution < -0.4 is 10.1 Å². The lowest BCUT2D eigenvalue weighted by atomic mass is 10.1. The fourth-order valence-electron chi connectivity index (χ4n) is 1.63. The van der Waals surface area contributed by atoms with Crippen molar-refractivity contribution in [2.45, 2.75) is 26.2 Å². The first-order valence-electron chi connectivity index (χ1n) is 6.77. The van der Waals surface area contributed by atoms with Gasteiger partial charge in [0.2, 0.25) is 5.91 Å². The van der Waals surface area contributed by atoms with Gasteiger partial charge in [-0.25, -0.2) is 0 Å². The van der Waals surface area contributed by atoms with E-state index in [9.17, 15) is 9.59 Å². The zero-order valence-electron chi connectivity index (χ0n) is 11.7. The Morgan fingerprint density at radius 2 is 2.00 bits per heavy atom. The summed E-state index contributed by atoms with van der Waals surface area (Å²) >= 11 is 0. The molecule has 0 fully saturated rings. The maximum atomic E-state index is 11.5. The van der Waals surface area contributed by atoms with Gasteiger partial charge in [0.1, 0.15) is 5.75 Å². The lowest BCUT2D eigenvalue weighted by Crippen LogP contribution is -2.26. The maximum Gasteiger partial charge on any atom is 0.306 e. The first-order chi connectivity index (χ1) is 9.59. The van der Waals surface area contributed by atoms with Crippen LogP contribution >= 0.6 is 0 Å². The van der Waals surface area contributed by atoms with Crippen molar-refractivity contribution in [3.63, 3.8) is 0 Å². The van der Waals surface area contributed by atoms with Crippen molar-refractivity contribution in [2.75, 3.05) is 13.2 Å². The highest BCUT2D eigenvalue weighted by Gasteiger charge is 2.10. The number of carbonyl (C=O) groups is 2. The Morgan fingerprint density at radius 1 is 1.30 bits per heavy atom. The van der Waals surface area contributed by atoms with E-state index in [1.807, 2.05) is 30.3 Å². The maximum absolute atomic E-state index is 11.5. The summed E-state index contributed by atoms with van der Waals surface area (Å²) in [6, 6.07) is 9.33. The molecule has 20 heavy (non-hydrogen) atoms. The number of carboxylic acids is 1. The summed E-state index contributed by atoms with van der Waals surface area (Å²) in [7, 11) is 0. The molecule has 110 valence electrons. The van der Waals surface area contributed by atoms with Crippen molar-refractivity contribution in [2.24, 2.45) is 5.92 Å². The van der Waals surface area contributed by atoms with E-state index in [2.05, 4.69) is 5.32 Å². The summed E-state index contributed by atoms with van der Waals surface area (Å²) in [4.78, 5) is 22.1. The van der Waals surface area contributed by atoms with Crippen LogP contribution in [0.25, 0.3) is 0 Å². The number of aliphatic carboxylic acids is 1. The Balaban J connectivity index is 2.05. The molecule has 1 rings (SSSR count). The molecule has 0 heterocycles. The van der Waals surface area contributed by atoms with Gasteiger partial charge < -0.3 is 15.2 Å². The van der Waals surface area contributed by atoms with E-state index in [0.29, 0.717) is 32.4 Å². The zero-order chi connectivity index (χ0) is 14.8. The van der Waals surface area contributed by atoms with E-state index in [4.69, 9.17) is 9.84 Å². The summed E-state index contributed by atoms with van der Waals surface area (Å²) in [5.74, 6) is -0.500. The number of carbonyl (C=O) groups excluding carboxylic acids is 1. The predicted octanol–water partition coefficient (Wildman–Crippen LogP) is 2.07. The standard InChI is InChI=1S/C15H21NO4/c1-12(15(18)19)6-5-10-16-14(17)9-11-20-13-7-3-2-4-8-13/h2-4,7-8,12H,5-6,9-11H2,1H3,(H,16,17)(H,18,19). The number of amides is 1. The summed E-state index contributed by atoms with van der Waals surface area (Å²) in [5, 5.41) is 11.5. The molecule has 0 aliphatic heterocycles. The molecule has 5 heteroatoms. The van der Waals surface area contributed by atoms with Gasteiger partial charge in [0, 0.05) is 6.54 Å². The van der Waals surface area contributed by atoms with Crippen molar-refractivity contribution in [1.29, 1.82) is 0 Å². The number of rotatable bonds is 9. The van der Waals surface area contributed by atoms with E-state index in [1.54, 1.807) is 6.92 Å². The normalized spacial score (nSPS) is 11.7. The molecular formula is C15H21NO4. The molecule has 1 aromatic carbocycles. The minimum Gasteiger partial charge on any atom is -0.493 e. The summed E-state index contributed by atoms with van der Waals surface area (Å²) < 4.78 is 5.41. The predicted molar refractivity (Wildman–Crippen MR) is 75.6 cm³/mol. The molecule has 0 aliphatic rings. The average Bonchev–Trinajstić information content (AvgIpc) is 2.44. The number of benzene rings is 1. The molecule has 1 aromatic rings. The first-order valence-corrected chi connectivity index (χ1v) is 6.77. The first kappa shape index (κ1) is 16.0. The minimum absolute atomic E-state index is 0.0797. The lowest BCUT2D eigenvalue weighted by molar-refractivity contribution is -0.141. The number of ether oxygens (including phenoxy) is 1. The summed E-state index contributed by atoms with van der Waals surface area (Å²) in [6.07, 6.45) is 1.53. The molecule has 0 bridgehead atoms. The monoisotopic (exact) mass is 279 g/mol. The Morgan fingerprint density at radius 3 is 2.65 bits per heavy atom. The number of nitrogens with one attached hydrogen (secondary N) is 1. The van der Waals surface area contributed by atoms with Gasteiger partial charge in [-0.1, -0.05) is 25.1 Å². The van der Waals surface area contributed by atoms with Crippen LogP contribution in [0.3, 0.4) is 0 Å². The van der Waals surface area contributed by atoms with E-state index in [1.165, 1.54) is 0 Å². The van der Waals surface area contributed by atoms with E-state index >= 15 is 0 Å². The summed E-state index contributed by atoms with van der Waals surface area (Å²) in [6.45, 7) is 2.50. The highest BCUT2D eigenvalue weighted by molar-refractivity contribution is 5.76. The van der Waals surface area contributed by atoms with Crippen molar-refractivity contribution in [1.82, 2.24) is 5.32 Å². The van der Waals surface area contributed by atoms with Crippen LogP contribution in [0, 0.1) is 5.92 Å². The fourth-order valence-corrected chi connectivity index (χ4v) is 1.63. The molecule has 0 aromatic heterocycles. The molecule has 0 saturated heterocycles. The Labute approximate surface area is 118 Å². The number of hydrogen-bond donors (Lipinski definition) is 2. The van der Waals surface area contributed by atoms with Crippen LogP contribution in [0.4, 0.5) is 0 Å². The molecule has 2 N–H and O–H groups in total. The molecule has 5 nitrogen and oxygen atoms in total. The molecule has 0 radical (unpaired) electrons. The Hall–Kier alpha value is -2.04. The van der Waals surface area contributed by atoms with Crippen molar-refractivity contribution >= 4 is 11.9 Å². The molecular weight excluding hydrogens is 258 g/mol. The third kappa shape index (κ3) is 6.78. The van der Waals surface area contributed by atoms with Crippen molar-refractivity contribution in [3.8, 4) is 5.75 Å². The fraction of sp³-hybridized carbons (Fsp3) is 0.467. The van der Waals surface area contributed by atoms with Gasteiger partial charge in [-0.15, -0.1) is 0 Å².